The van der Waals surface area contributed by atoms with Gasteiger partial charge in [0.1, 0.15) is 0 Å². The fourth-order valence-corrected chi connectivity index (χ4v) is 0. The minimum atomic E-state index is -5.75. The minimum Gasteiger partial charge on any atom is 2.00 e. The second-order valence-electron chi connectivity index (χ2n) is 0.816. The number of hydrogen-bond donors (Lipinski definition) is 0. The van der Waals surface area contributed by atoms with E-state index in [2.05, 4.69) is 0 Å². The Morgan fingerprint density at radius 3 is 0.923 bits per heavy atom. The molecule has 0 fully saturated rings. The van der Waals surface area contributed by atoms with Gasteiger partial charge in [-0.15, -0.1) is 0 Å². The van der Waals surface area contributed by atoms with Gasteiger partial charge in [-0.25, -0.2) is 0 Å². The molecule has 0 spiro atoms. The predicted molar refractivity (Wildman–Crippen MR) is 11.8 cm³/mol. The first-order chi connectivity index (χ1) is 4.00. The van der Waals surface area contributed by atoms with Gasteiger partial charge < -0.3 is 9.11 Å². The van der Waals surface area contributed by atoms with E-state index in [9.17, 15) is 0 Å². The van der Waals surface area contributed by atoms with Crippen LogP contribution < -0.4 is 8.32 Å². The Kier molecular flexibility index (Phi) is 26.3. The van der Waals surface area contributed by atoms with Crippen molar-refractivity contribution in [3.8, 4) is 0 Å². The van der Waals surface area contributed by atoms with Gasteiger partial charge in [-0.2, -0.15) is 0 Å². The summed E-state index contributed by atoms with van der Waals surface area (Å²) in [6.45, 7) is 0. The zero-order valence-corrected chi connectivity index (χ0v) is 12.3. The molecule has 0 heterocycles. The molecule has 0 aromatic carbocycles. The second kappa shape index (κ2) is 11.7. The zero-order chi connectivity index (χ0) is 9.00. The summed E-state index contributed by atoms with van der Waals surface area (Å²) >= 11 is -5.75. The van der Waals surface area contributed by atoms with Gasteiger partial charge in [-0.1, -0.05) is 0 Å². The topological polar surface area (TPSA) is 161 Å². The van der Waals surface area contributed by atoms with Crippen LogP contribution in [0.15, 0.2) is 0 Å². The Balaban J connectivity index is -0.0000000267. The normalized spacial score (nSPS) is 8.92. The molecule has 0 amide bonds. The van der Waals surface area contributed by atoms with Crippen molar-refractivity contribution in [3.63, 3.8) is 0 Å². The van der Waals surface area contributed by atoms with Gasteiger partial charge >= 0.3 is 83.2 Å². The summed E-state index contributed by atoms with van der Waals surface area (Å²) in [7, 11) is -5.17. The maximum absolute atomic E-state index is 8.59. The average molecular weight is 405 g/mol. The third kappa shape index (κ3) is 726. The summed E-state index contributed by atoms with van der Waals surface area (Å²) in [6.07, 6.45) is 0. The smallest absolute Gasteiger partial charge is 2.00 e. The summed E-state index contributed by atoms with van der Waals surface area (Å²) < 4.78 is 68.5. The molecule has 0 N–H and O–H groups in total. The Morgan fingerprint density at radius 2 is 0.923 bits per heavy atom. The molecule has 0 saturated heterocycles. The quantitative estimate of drug-likeness (QED) is 0.224. The van der Waals surface area contributed by atoms with Crippen molar-refractivity contribution in [2.24, 2.45) is 0 Å². The molecular formula is CrCu2O8SZn+2. The maximum atomic E-state index is 8.59. The van der Waals surface area contributed by atoms with Crippen molar-refractivity contribution in [1.29, 1.82) is 0 Å². The van der Waals surface area contributed by atoms with Crippen LogP contribution in [0.1, 0.15) is 0 Å². The molecule has 8 nitrogen and oxygen atoms in total. The van der Waals surface area contributed by atoms with Gasteiger partial charge in [-0.3, -0.25) is 8.42 Å². The van der Waals surface area contributed by atoms with Gasteiger partial charge in [0, 0.05) is 10.4 Å². The minimum absolute atomic E-state index is 0. The number of rotatable bonds is 0. The van der Waals surface area contributed by atoms with Crippen molar-refractivity contribution < 1.29 is 101 Å². The molecule has 0 saturated carbocycles. The molecule has 0 aliphatic rings. The van der Waals surface area contributed by atoms with Crippen LogP contribution in [0.25, 0.3) is 0 Å². The summed E-state index contributed by atoms with van der Waals surface area (Å²) in [5.74, 6) is 0. The third-order valence-corrected chi connectivity index (χ3v) is 0. The van der Waals surface area contributed by atoms with E-state index in [1.54, 1.807) is 0 Å². The van der Waals surface area contributed by atoms with E-state index in [4.69, 9.17) is 33.4 Å². The molecule has 0 atom stereocenters. The second-order valence-corrected chi connectivity index (χ2v) is 2.91. The molecule has 13 heteroatoms. The van der Waals surface area contributed by atoms with Crippen LogP contribution in [0.4, 0.5) is 0 Å². The maximum Gasteiger partial charge on any atom is 2.00 e. The van der Waals surface area contributed by atoms with Crippen molar-refractivity contribution in [3.05, 3.63) is 0 Å². The van der Waals surface area contributed by atoms with E-state index in [1.807, 2.05) is 0 Å². The summed E-state index contributed by atoms with van der Waals surface area (Å²) in [5, 5.41) is 0. The molecule has 13 heavy (non-hydrogen) atoms. The van der Waals surface area contributed by atoms with Gasteiger partial charge in [0.15, 0.2) is 0 Å². The first kappa shape index (κ1) is 29.3. The molecule has 82 valence electrons. The van der Waals surface area contributed by atoms with Crippen LogP contribution >= 0.6 is 0 Å². The Hall–Kier alpha value is 1.58. The standard InChI is InChI=1S/Cr.2Cu.H2O4S.4O.Zn/c;;;1-5(2,3)4;;;;;/h;;;(H2,1,2,3,4);;;;;/q;2*+2;;;;2*-1;+2/p-2. The summed E-state index contributed by atoms with van der Waals surface area (Å²) in [5.41, 5.74) is 0. The van der Waals surface area contributed by atoms with Crippen molar-refractivity contribution in [1.82, 2.24) is 0 Å². The van der Waals surface area contributed by atoms with E-state index in [-0.39, 0.29) is 53.6 Å². The molecule has 0 bridgehead atoms. The Bertz CT molecular complexity index is 219. The van der Waals surface area contributed by atoms with Crippen molar-refractivity contribution in [2.75, 3.05) is 0 Å². The van der Waals surface area contributed by atoms with Gasteiger partial charge in [0.2, 0.25) is 0 Å². The first-order valence-electron chi connectivity index (χ1n) is 1.33. The Labute approximate surface area is 110 Å². The van der Waals surface area contributed by atoms with Gasteiger partial charge in [0.25, 0.3) is 0 Å². The average Bonchev–Trinajstić information content (AvgIpc) is 1.12. The van der Waals surface area contributed by atoms with Crippen LogP contribution in [0, 0.1) is 0 Å². The molecule has 0 aliphatic carbocycles. The zero-order valence-electron chi connectivity index (χ0n) is 5.39. The molecule has 0 aromatic rings. The van der Waals surface area contributed by atoms with Gasteiger partial charge in [-0.05, 0) is 0 Å². The van der Waals surface area contributed by atoms with Crippen molar-refractivity contribution in [2.45, 2.75) is 0 Å². The van der Waals surface area contributed by atoms with Crippen LogP contribution in [0.3, 0.4) is 0 Å². The molecule has 0 aliphatic heterocycles. The fourth-order valence-electron chi connectivity index (χ4n) is 0. The summed E-state index contributed by atoms with van der Waals surface area (Å²) in [4.78, 5) is 0. The SMILES string of the molecule is O=S(=O)([O-])[O-].[Cu+2].[Cu+2].[O]=[Cr](=[O])([O-])[O-].[Zn+2]. The summed E-state index contributed by atoms with van der Waals surface area (Å²) in [6, 6.07) is 0. The molecular weight excluding hydrogens is 405 g/mol. The van der Waals surface area contributed by atoms with Crippen LogP contribution in [-0.4, -0.2) is 17.5 Å². The van der Waals surface area contributed by atoms with E-state index in [0.717, 1.165) is 0 Å². The number of hydrogen-bond acceptors (Lipinski definition) is 8. The molecule has 0 rings (SSSR count). The van der Waals surface area contributed by atoms with E-state index in [1.165, 1.54) is 0 Å². The van der Waals surface area contributed by atoms with Crippen molar-refractivity contribution >= 4 is 10.4 Å². The largest absolute Gasteiger partial charge is 2.00 e. The Morgan fingerprint density at radius 1 is 0.923 bits per heavy atom. The molecule has 2 radical (unpaired) electrons. The van der Waals surface area contributed by atoms with Crippen LogP contribution in [0.5, 0.6) is 0 Å². The van der Waals surface area contributed by atoms with E-state index < -0.39 is 24.0 Å². The molecule has 0 aromatic heterocycles. The van der Waals surface area contributed by atoms with E-state index >= 15 is 0 Å². The third-order valence-electron chi connectivity index (χ3n) is 0. The van der Waals surface area contributed by atoms with Crippen LogP contribution in [-0.2, 0) is 85.2 Å². The predicted octanol–water partition coefficient (Wildman–Crippen LogP) is -3.96. The fraction of sp³-hybridized carbons (Fsp3) is 0. The van der Waals surface area contributed by atoms with Gasteiger partial charge in [0.05, 0.1) is 0 Å². The molecule has 0 unspecified atom stereocenters. The monoisotopic (exact) mass is 402 g/mol. The first-order valence-corrected chi connectivity index (χ1v) is 4.75. The van der Waals surface area contributed by atoms with Crippen LogP contribution in [0.2, 0.25) is 0 Å². The van der Waals surface area contributed by atoms with E-state index in [0.29, 0.717) is 0 Å².